The van der Waals surface area contributed by atoms with Gasteiger partial charge in [-0.3, -0.25) is 0 Å². The molecule has 3 rings (SSSR count). The minimum atomic E-state index is -0.556. The molecule has 3 aromatic carbocycles. The lowest BCUT2D eigenvalue weighted by atomic mass is 10.1. The third kappa shape index (κ3) is 6.22. The van der Waals surface area contributed by atoms with Gasteiger partial charge in [-0.05, 0) is 52.2 Å². The minimum absolute atomic E-state index is 0.346. The third-order valence-electron chi connectivity index (χ3n) is 4.55. The van der Waals surface area contributed by atoms with Gasteiger partial charge in [0.25, 0.3) is 0 Å². The molecule has 1 atom stereocenters. The summed E-state index contributed by atoms with van der Waals surface area (Å²) in [6.07, 6.45) is -0.556. The zero-order chi connectivity index (χ0) is 21.3. The molecule has 4 nitrogen and oxygen atoms in total. The molecule has 6 heteroatoms. The van der Waals surface area contributed by atoms with Crippen molar-refractivity contribution in [1.29, 1.82) is 0 Å². The molecule has 0 aromatic heterocycles. The second-order valence-corrected chi connectivity index (χ2v) is 8.04. The Balaban J connectivity index is 1.65. The van der Waals surface area contributed by atoms with Gasteiger partial charge in [-0.15, -0.1) is 0 Å². The molecule has 0 amide bonds. The zero-order valence-corrected chi connectivity index (χ0v) is 19.1. The predicted molar refractivity (Wildman–Crippen MR) is 124 cm³/mol. The molecule has 0 aliphatic carbocycles. The van der Waals surface area contributed by atoms with Gasteiger partial charge >= 0.3 is 0 Å². The molecule has 30 heavy (non-hydrogen) atoms. The van der Waals surface area contributed by atoms with Crippen molar-refractivity contribution in [3.63, 3.8) is 0 Å². The average molecular weight is 491 g/mol. The number of aliphatic hydroxyl groups excluding tert-OH is 1. The highest BCUT2D eigenvalue weighted by Crippen LogP contribution is 2.37. The van der Waals surface area contributed by atoms with Crippen LogP contribution in [0.15, 0.2) is 71.2 Å². The molecule has 0 spiro atoms. The quantitative estimate of drug-likeness (QED) is 0.371. The maximum absolute atomic E-state index is 10.3. The van der Waals surface area contributed by atoms with Crippen LogP contribution in [0, 0.1) is 0 Å². The van der Waals surface area contributed by atoms with Crippen molar-refractivity contribution >= 4 is 27.5 Å². The predicted octanol–water partition coefficient (Wildman–Crippen LogP) is 5.90. The van der Waals surface area contributed by atoms with E-state index in [0.717, 1.165) is 21.2 Å². The summed E-state index contributed by atoms with van der Waals surface area (Å²) in [5, 5.41) is 14.3. The lowest BCUT2D eigenvalue weighted by Crippen LogP contribution is -2.21. The maximum Gasteiger partial charge on any atom is 0.175 e. The Morgan fingerprint density at radius 1 is 1.03 bits per heavy atom. The van der Waals surface area contributed by atoms with Crippen LogP contribution in [-0.2, 0) is 13.2 Å². The summed E-state index contributed by atoms with van der Waals surface area (Å²) in [6.45, 7) is 3.86. The lowest BCUT2D eigenvalue weighted by molar-refractivity contribution is 0.174. The fourth-order valence-electron chi connectivity index (χ4n) is 3.04. The molecule has 0 heterocycles. The highest BCUT2D eigenvalue weighted by Gasteiger charge is 2.14. The van der Waals surface area contributed by atoms with Crippen LogP contribution in [0.2, 0.25) is 5.02 Å². The summed E-state index contributed by atoms with van der Waals surface area (Å²) in [5.74, 6) is 1.31. The van der Waals surface area contributed by atoms with Gasteiger partial charge in [0.05, 0.1) is 17.2 Å². The fraction of sp³-hybridized carbons (Fsp3) is 0.250. The van der Waals surface area contributed by atoms with Crippen molar-refractivity contribution in [3.8, 4) is 11.5 Å². The molecule has 0 saturated heterocycles. The third-order valence-corrected chi connectivity index (χ3v) is 5.51. The first kappa shape index (κ1) is 22.6. The van der Waals surface area contributed by atoms with Crippen LogP contribution in [-0.4, -0.2) is 18.3 Å². The van der Waals surface area contributed by atoms with Crippen LogP contribution in [0.4, 0.5) is 0 Å². The Morgan fingerprint density at radius 3 is 2.50 bits per heavy atom. The molecule has 0 aliphatic heterocycles. The van der Waals surface area contributed by atoms with Crippen LogP contribution in [0.3, 0.4) is 0 Å². The van der Waals surface area contributed by atoms with E-state index >= 15 is 0 Å². The molecule has 1 unspecified atom stereocenters. The first-order valence-electron chi connectivity index (χ1n) is 9.83. The molecular formula is C24H25BrClNO3. The summed E-state index contributed by atoms with van der Waals surface area (Å²) >= 11 is 9.83. The van der Waals surface area contributed by atoms with E-state index in [0.29, 0.717) is 42.8 Å². The molecule has 0 saturated carbocycles. The Hall–Kier alpha value is -2.05. The number of hydrogen-bond acceptors (Lipinski definition) is 4. The molecule has 2 N–H and O–H groups in total. The highest BCUT2D eigenvalue weighted by atomic mass is 79.9. The Bertz CT molecular complexity index is 952. The van der Waals surface area contributed by atoms with E-state index in [9.17, 15) is 5.11 Å². The molecular weight excluding hydrogens is 466 g/mol. The summed E-state index contributed by atoms with van der Waals surface area (Å²) in [7, 11) is 0. The van der Waals surface area contributed by atoms with Gasteiger partial charge in [0.2, 0.25) is 0 Å². The Labute approximate surface area is 190 Å². The standard InChI is InChI=1S/C24H25BrClNO3/c1-2-29-23-13-17(14-27-15-22(28)18-8-4-3-5-9-18)12-20(25)24(23)30-16-19-10-6-7-11-21(19)26/h3-13,22,27-28H,2,14-16H2,1H3. The van der Waals surface area contributed by atoms with Crippen LogP contribution < -0.4 is 14.8 Å². The van der Waals surface area contributed by atoms with Gasteiger partial charge in [0.15, 0.2) is 11.5 Å². The van der Waals surface area contributed by atoms with E-state index in [-0.39, 0.29) is 0 Å². The summed E-state index contributed by atoms with van der Waals surface area (Å²) < 4.78 is 12.6. The zero-order valence-electron chi connectivity index (χ0n) is 16.8. The maximum atomic E-state index is 10.3. The summed E-state index contributed by atoms with van der Waals surface area (Å²) in [5.41, 5.74) is 2.83. The van der Waals surface area contributed by atoms with Gasteiger partial charge in [0.1, 0.15) is 6.61 Å². The van der Waals surface area contributed by atoms with E-state index < -0.39 is 6.10 Å². The van der Waals surface area contributed by atoms with E-state index in [1.807, 2.05) is 73.7 Å². The van der Waals surface area contributed by atoms with Crippen LogP contribution in [0.1, 0.15) is 29.7 Å². The van der Waals surface area contributed by atoms with Crippen molar-refractivity contribution in [1.82, 2.24) is 5.32 Å². The molecule has 0 radical (unpaired) electrons. The largest absolute Gasteiger partial charge is 0.490 e. The number of hydrogen-bond donors (Lipinski definition) is 2. The van der Waals surface area contributed by atoms with Gasteiger partial charge < -0.3 is 19.9 Å². The second-order valence-electron chi connectivity index (χ2n) is 6.78. The van der Waals surface area contributed by atoms with Crippen molar-refractivity contribution in [2.45, 2.75) is 26.2 Å². The smallest absolute Gasteiger partial charge is 0.175 e. The normalized spacial score (nSPS) is 11.9. The summed E-state index contributed by atoms with van der Waals surface area (Å²) in [4.78, 5) is 0. The number of halogens is 2. The van der Waals surface area contributed by atoms with Crippen molar-refractivity contribution in [2.24, 2.45) is 0 Å². The van der Waals surface area contributed by atoms with E-state index in [1.165, 1.54) is 0 Å². The first-order chi connectivity index (χ1) is 14.6. The number of nitrogens with one attached hydrogen (secondary N) is 1. The van der Waals surface area contributed by atoms with E-state index in [4.69, 9.17) is 21.1 Å². The fourth-order valence-corrected chi connectivity index (χ4v) is 3.83. The van der Waals surface area contributed by atoms with Gasteiger partial charge in [-0.2, -0.15) is 0 Å². The molecule has 0 bridgehead atoms. The van der Waals surface area contributed by atoms with Crippen LogP contribution in [0.25, 0.3) is 0 Å². The average Bonchev–Trinajstić information content (AvgIpc) is 2.75. The molecule has 3 aromatic rings. The Morgan fingerprint density at radius 2 is 1.77 bits per heavy atom. The van der Waals surface area contributed by atoms with Gasteiger partial charge in [-0.1, -0.05) is 60.1 Å². The number of aliphatic hydroxyl groups is 1. The van der Waals surface area contributed by atoms with Gasteiger partial charge in [-0.25, -0.2) is 0 Å². The number of rotatable bonds is 10. The molecule has 0 aliphatic rings. The van der Waals surface area contributed by atoms with E-state index in [1.54, 1.807) is 0 Å². The topological polar surface area (TPSA) is 50.7 Å². The molecule has 158 valence electrons. The summed E-state index contributed by atoms with van der Waals surface area (Å²) in [6, 6.07) is 21.2. The van der Waals surface area contributed by atoms with Gasteiger partial charge in [0, 0.05) is 23.7 Å². The van der Waals surface area contributed by atoms with Crippen molar-refractivity contribution < 1.29 is 14.6 Å². The second kappa shape index (κ2) is 11.4. The van der Waals surface area contributed by atoms with Crippen molar-refractivity contribution in [3.05, 3.63) is 92.9 Å². The van der Waals surface area contributed by atoms with Crippen LogP contribution >= 0.6 is 27.5 Å². The SMILES string of the molecule is CCOc1cc(CNCC(O)c2ccccc2)cc(Br)c1OCc1ccccc1Cl. The van der Waals surface area contributed by atoms with E-state index in [2.05, 4.69) is 21.2 Å². The first-order valence-corrected chi connectivity index (χ1v) is 11.0. The Kier molecular flexibility index (Phi) is 8.58. The lowest BCUT2D eigenvalue weighted by Gasteiger charge is -2.17. The van der Waals surface area contributed by atoms with Crippen molar-refractivity contribution in [2.75, 3.05) is 13.2 Å². The number of benzene rings is 3. The minimum Gasteiger partial charge on any atom is -0.490 e. The highest BCUT2D eigenvalue weighted by molar-refractivity contribution is 9.10. The van der Waals surface area contributed by atoms with Crippen LogP contribution in [0.5, 0.6) is 11.5 Å². The molecule has 0 fully saturated rings. The number of ether oxygens (including phenoxy) is 2. The monoisotopic (exact) mass is 489 g/mol.